The highest BCUT2D eigenvalue weighted by Crippen LogP contribution is 2.30. The molecule has 0 aromatic heterocycles. The molecule has 2 N–H and O–H groups in total. The molecule has 0 spiro atoms. The molecule has 0 amide bonds. The number of hydrogen-bond acceptors (Lipinski definition) is 3. The predicted octanol–water partition coefficient (Wildman–Crippen LogP) is 6.09. The Hall–Kier alpha value is -2.35. The molecule has 0 saturated carbocycles. The fourth-order valence-corrected chi connectivity index (χ4v) is 3.95. The van der Waals surface area contributed by atoms with Gasteiger partial charge in [0, 0.05) is 17.9 Å². The van der Waals surface area contributed by atoms with Gasteiger partial charge in [-0.25, -0.2) is 0 Å². The van der Waals surface area contributed by atoms with Crippen molar-refractivity contribution in [3.05, 3.63) is 53.8 Å². The Bertz CT molecular complexity index is 861. The lowest BCUT2D eigenvalue weighted by atomic mass is 9.97. The maximum Gasteiger partial charge on any atom is 0.416 e. The molecule has 0 bridgehead atoms. The first-order valence-electron chi connectivity index (χ1n) is 10.8. The van der Waals surface area contributed by atoms with Crippen LogP contribution in [0.1, 0.15) is 51.0 Å². The second-order valence-corrected chi connectivity index (χ2v) is 8.19. The SMILES string of the molecule is CCC1C=C(NC2=NCCN2C(=S)Nc2cccc(C(F)(F)F)c2)CCCCC=CC1. The van der Waals surface area contributed by atoms with Gasteiger partial charge in [-0.05, 0) is 74.9 Å². The fourth-order valence-electron chi connectivity index (χ4n) is 3.65. The molecule has 1 aromatic carbocycles. The predicted molar refractivity (Wildman–Crippen MR) is 124 cm³/mol. The van der Waals surface area contributed by atoms with E-state index in [1.807, 2.05) is 4.90 Å². The third-order valence-electron chi connectivity index (χ3n) is 5.43. The topological polar surface area (TPSA) is 39.7 Å². The molecule has 8 heteroatoms. The average Bonchev–Trinajstić information content (AvgIpc) is 3.20. The summed E-state index contributed by atoms with van der Waals surface area (Å²) in [4.78, 5) is 6.36. The highest BCUT2D eigenvalue weighted by atomic mass is 32.1. The van der Waals surface area contributed by atoms with Gasteiger partial charge in [0.15, 0.2) is 5.11 Å². The lowest BCUT2D eigenvalue weighted by Crippen LogP contribution is -2.44. The Kier molecular flexibility index (Phi) is 8.12. The maximum atomic E-state index is 13.0. The molecule has 2 aliphatic rings. The van der Waals surface area contributed by atoms with Gasteiger partial charge in [-0.1, -0.05) is 31.2 Å². The lowest BCUT2D eigenvalue weighted by molar-refractivity contribution is -0.137. The van der Waals surface area contributed by atoms with Crippen LogP contribution in [0.3, 0.4) is 0 Å². The molecule has 168 valence electrons. The quantitative estimate of drug-likeness (QED) is 0.432. The molecule has 1 heterocycles. The zero-order valence-electron chi connectivity index (χ0n) is 17.7. The minimum atomic E-state index is -4.39. The standard InChI is InChI=1S/C23H29F3N4S/c1-2-17-9-6-4-3-5-7-11-19(15-17)28-21-27-13-14-30(21)22(31)29-20-12-8-10-18(16-20)23(24,25)26/h4,6,8,10,12,15-17H,2-3,5,7,9,11,13-14H2,1H3,(H,27,28)(H,29,31). The Balaban J connectivity index is 1.69. The van der Waals surface area contributed by atoms with Crippen LogP contribution in [0.2, 0.25) is 0 Å². The van der Waals surface area contributed by atoms with E-state index >= 15 is 0 Å². The van der Waals surface area contributed by atoms with Gasteiger partial charge in [0.1, 0.15) is 0 Å². The summed E-state index contributed by atoms with van der Waals surface area (Å²) in [5.41, 5.74) is 0.733. The van der Waals surface area contributed by atoms with Crippen molar-refractivity contribution < 1.29 is 13.2 Å². The summed E-state index contributed by atoms with van der Waals surface area (Å²) < 4.78 is 39.0. The van der Waals surface area contributed by atoms with Gasteiger partial charge in [-0.3, -0.25) is 9.89 Å². The number of anilines is 1. The zero-order valence-corrected chi connectivity index (χ0v) is 18.5. The molecule has 1 aliphatic carbocycles. The minimum Gasteiger partial charge on any atom is -0.332 e. The largest absolute Gasteiger partial charge is 0.416 e. The van der Waals surface area contributed by atoms with Gasteiger partial charge in [-0.2, -0.15) is 13.2 Å². The number of halogens is 3. The molecular weight excluding hydrogens is 421 g/mol. The summed E-state index contributed by atoms with van der Waals surface area (Å²) in [5, 5.41) is 6.72. The van der Waals surface area contributed by atoms with Crippen LogP contribution in [0.5, 0.6) is 0 Å². The Morgan fingerprint density at radius 1 is 1.26 bits per heavy atom. The van der Waals surface area contributed by atoms with Crippen LogP contribution in [0.25, 0.3) is 0 Å². The smallest absolute Gasteiger partial charge is 0.332 e. The molecule has 1 unspecified atom stereocenters. The van der Waals surface area contributed by atoms with Crippen LogP contribution in [0.4, 0.5) is 18.9 Å². The number of benzene rings is 1. The molecule has 0 saturated heterocycles. The van der Waals surface area contributed by atoms with Gasteiger partial charge >= 0.3 is 6.18 Å². The summed E-state index contributed by atoms with van der Waals surface area (Å²) in [5.74, 6) is 1.11. The number of nitrogens with one attached hydrogen (secondary N) is 2. The van der Waals surface area contributed by atoms with Gasteiger partial charge in [0.05, 0.1) is 12.1 Å². The second-order valence-electron chi connectivity index (χ2n) is 7.80. The van der Waals surface area contributed by atoms with E-state index in [0.717, 1.165) is 56.4 Å². The Morgan fingerprint density at radius 3 is 2.87 bits per heavy atom. The third kappa shape index (κ3) is 6.82. The van der Waals surface area contributed by atoms with E-state index in [-0.39, 0.29) is 0 Å². The number of alkyl halides is 3. The van der Waals surface area contributed by atoms with E-state index in [9.17, 15) is 13.2 Å². The summed E-state index contributed by atoms with van der Waals surface area (Å²) in [7, 11) is 0. The molecule has 0 radical (unpaired) electrons. The average molecular weight is 451 g/mol. The van der Waals surface area contributed by atoms with E-state index in [2.05, 4.69) is 40.8 Å². The molecule has 1 aliphatic heterocycles. The van der Waals surface area contributed by atoms with E-state index in [0.29, 0.717) is 35.8 Å². The van der Waals surface area contributed by atoms with Gasteiger partial charge in [0.2, 0.25) is 5.96 Å². The summed E-state index contributed by atoms with van der Waals surface area (Å²) in [6.45, 7) is 3.35. The van der Waals surface area contributed by atoms with Crippen molar-refractivity contribution in [3.63, 3.8) is 0 Å². The van der Waals surface area contributed by atoms with E-state index in [1.165, 1.54) is 6.07 Å². The monoisotopic (exact) mass is 450 g/mol. The number of rotatable bonds is 3. The van der Waals surface area contributed by atoms with Crippen molar-refractivity contribution in [1.29, 1.82) is 0 Å². The summed E-state index contributed by atoms with van der Waals surface area (Å²) in [6.07, 6.45) is 8.77. The molecule has 0 fully saturated rings. The van der Waals surface area contributed by atoms with Crippen LogP contribution in [0.15, 0.2) is 53.2 Å². The first-order valence-corrected chi connectivity index (χ1v) is 11.2. The first-order chi connectivity index (χ1) is 14.9. The molecule has 1 aromatic rings. The molecule has 1 atom stereocenters. The first kappa shape index (κ1) is 23.3. The van der Waals surface area contributed by atoms with Crippen molar-refractivity contribution in [2.45, 2.75) is 51.6 Å². The maximum absolute atomic E-state index is 13.0. The molecule has 31 heavy (non-hydrogen) atoms. The van der Waals surface area contributed by atoms with Gasteiger partial charge in [0.25, 0.3) is 0 Å². The van der Waals surface area contributed by atoms with Crippen molar-refractivity contribution >= 4 is 29.0 Å². The normalized spacial score (nSPS) is 20.1. The molecule has 3 rings (SSSR count). The second kappa shape index (κ2) is 10.8. The molecule has 4 nitrogen and oxygen atoms in total. The van der Waals surface area contributed by atoms with Gasteiger partial charge < -0.3 is 10.6 Å². The van der Waals surface area contributed by atoms with Crippen LogP contribution in [0, 0.1) is 5.92 Å². The number of nitrogens with zero attached hydrogens (tertiary/aromatic N) is 2. The van der Waals surface area contributed by atoms with E-state index < -0.39 is 11.7 Å². The number of allylic oxidation sites excluding steroid dienone is 4. The Morgan fingerprint density at radius 2 is 2.10 bits per heavy atom. The highest BCUT2D eigenvalue weighted by Gasteiger charge is 2.30. The van der Waals surface area contributed by atoms with Crippen molar-refractivity contribution in [2.24, 2.45) is 10.9 Å². The third-order valence-corrected chi connectivity index (χ3v) is 5.76. The Labute approximate surface area is 187 Å². The number of guanidine groups is 1. The van der Waals surface area contributed by atoms with Crippen molar-refractivity contribution in [2.75, 3.05) is 18.4 Å². The van der Waals surface area contributed by atoms with Crippen molar-refractivity contribution in [3.8, 4) is 0 Å². The van der Waals surface area contributed by atoms with Crippen LogP contribution < -0.4 is 10.6 Å². The van der Waals surface area contributed by atoms with E-state index in [1.54, 1.807) is 6.07 Å². The zero-order chi connectivity index (χ0) is 22.3. The van der Waals surface area contributed by atoms with Gasteiger partial charge in [-0.15, -0.1) is 0 Å². The lowest BCUT2D eigenvalue weighted by Gasteiger charge is -2.24. The van der Waals surface area contributed by atoms with Crippen LogP contribution >= 0.6 is 12.2 Å². The summed E-state index contributed by atoms with van der Waals surface area (Å²) in [6, 6.07) is 5.06. The summed E-state index contributed by atoms with van der Waals surface area (Å²) >= 11 is 5.50. The van der Waals surface area contributed by atoms with Crippen molar-refractivity contribution in [1.82, 2.24) is 10.2 Å². The highest BCUT2D eigenvalue weighted by molar-refractivity contribution is 7.80. The number of hydrogen-bond donors (Lipinski definition) is 2. The van der Waals surface area contributed by atoms with Crippen LogP contribution in [-0.2, 0) is 6.18 Å². The number of thiocarbonyl (C=S) groups is 1. The number of aliphatic imine (C=N–C) groups is 1. The van der Waals surface area contributed by atoms with Crippen LogP contribution in [-0.4, -0.2) is 29.1 Å². The fraction of sp³-hybridized carbons (Fsp3) is 0.478. The minimum absolute atomic E-state index is 0.307. The van der Waals surface area contributed by atoms with E-state index in [4.69, 9.17) is 12.2 Å². The molecular formula is C23H29F3N4S.